The Balaban J connectivity index is 1.76. The molecule has 1 unspecified atom stereocenters. The van der Waals surface area contributed by atoms with Gasteiger partial charge in [0.2, 0.25) is 0 Å². The highest BCUT2D eigenvalue weighted by molar-refractivity contribution is 5.75. The number of nitrogens with zero attached hydrogens (tertiary/aromatic N) is 1. The normalized spacial score (nSPS) is 13.9. The lowest BCUT2D eigenvalue weighted by Crippen LogP contribution is -2.41. The number of carbonyl (C=O) groups excluding carboxylic acids is 1. The van der Waals surface area contributed by atoms with E-state index >= 15 is 0 Å². The Morgan fingerprint density at radius 2 is 2.23 bits per heavy atom. The minimum atomic E-state index is -0.903. The third-order valence-electron chi connectivity index (χ3n) is 3.76. The molecule has 6 nitrogen and oxygen atoms in total. The molecule has 0 aliphatic carbocycles. The van der Waals surface area contributed by atoms with Crippen molar-refractivity contribution in [2.45, 2.75) is 19.8 Å². The van der Waals surface area contributed by atoms with Crippen molar-refractivity contribution in [3.05, 3.63) is 29.3 Å². The second kappa shape index (κ2) is 7.15. The Morgan fingerprint density at radius 3 is 2.95 bits per heavy atom. The van der Waals surface area contributed by atoms with Gasteiger partial charge in [-0.2, -0.15) is 0 Å². The van der Waals surface area contributed by atoms with Gasteiger partial charge in [-0.15, -0.1) is 0 Å². The molecule has 0 aromatic heterocycles. The lowest BCUT2D eigenvalue weighted by Gasteiger charge is -2.20. The van der Waals surface area contributed by atoms with Crippen LogP contribution >= 0.6 is 0 Å². The smallest absolute Gasteiger partial charge is 0.317 e. The van der Waals surface area contributed by atoms with Crippen molar-refractivity contribution in [2.75, 3.05) is 26.7 Å². The molecule has 1 aliphatic heterocycles. The number of benzene rings is 1. The number of carbonyl (C=O) groups is 2. The van der Waals surface area contributed by atoms with E-state index in [-0.39, 0.29) is 12.6 Å². The fourth-order valence-electron chi connectivity index (χ4n) is 2.42. The summed E-state index contributed by atoms with van der Waals surface area (Å²) < 4.78 is 5.46. The summed E-state index contributed by atoms with van der Waals surface area (Å²) >= 11 is 0. The van der Waals surface area contributed by atoms with Crippen LogP contribution in [-0.4, -0.2) is 48.8 Å². The van der Waals surface area contributed by atoms with Crippen molar-refractivity contribution in [3.8, 4) is 5.75 Å². The quantitative estimate of drug-likeness (QED) is 0.835. The monoisotopic (exact) mass is 306 g/mol. The summed E-state index contributed by atoms with van der Waals surface area (Å²) in [5.41, 5.74) is 2.38. The van der Waals surface area contributed by atoms with Crippen LogP contribution in [0.2, 0.25) is 0 Å². The number of aliphatic carboxylic acids is 1. The maximum Gasteiger partial charge on any atom is 0.317 e. The van der Waals surface area contributed by atoms with Gasteiger partial charge in [-0.1, -0.05) is 19.1 Å². The van der Waals surface area contributed by atoms with E-state index in [0.717, 1.165) is 30.8 Å². The molecule has 1 aromatic rings. The number of nitrogens with one attached hydrogen (secondary N) is 1. The first-order valence-corrected chi connectivity index (χ1v) is 7.43. The predicted molar refractivity (Wildman–Crippen MR) is 82.2 cm³/mol. The molecular weight excluding hydrogens is 284 g/mol. The van der Waals surface area contributed by atoms with E-state index < -0.39 is 11.9 Å². The van der Waals surface area contributed by atoms with Crippen molar-refractivity contribution in [1.82, 2.24) is 10.2 Å². The van der Waals surface area contributed by atoms with Crippen molar-refractivity contribution in [2.24, 2.45) is 5.92 Å². The molecule has 1 heterocycles. The second-order valence-electron chi connectivity index (χ2n) is 5.64. The Hall–Kier alpha value is -2.24. The first kappa shape index (κ1) is 16.1. The molecule has 0 radical (unpaired) electrons. The molecule has 0 bridgehead atoms. The van der Waals surface area contributed by atoms with E-state index in [4.69, 9.17) is 9.84 Å². The zero-order valence-electron chi connectivity index (χ0n) is 13.0. The molecule has 2 N–H and O–H groups in total. The van der Waals surface area contributed by atoms with Gasteiger partial charge in [0.15, 0.2) is 0 Å². The number of carboxylic acids is 1. The van der Waals surface area contributed by atoms with Crippen molar-refractivity contribution in [1.29, 1.82) is 0 Å². The number of fused-ring (bicyclic) bond motifs is 1. The molecule has 22 heavy (non-hydrogen) atoms. The van der Waals surface area contributed by atoms with Crippen molar-refractivity contribution < 1.29 is 19.4 Å². The molecule has 2 amide bonds. The molecule has 120 valence electrons. The van der Waals surface area contributed by atoms with Crippen LogP contribution < -0.4 is 10.1 Å². The Kier molecular flexibility index (Phi) is 5.25. The van der Waals surface area contributed by atoms with Crippen LogP contribution in [0.4, 0.5) is 4.79 Å². The topological polar surface area (TPSA) is 78.9 Å². The van der Waals surface area contributed by atoms with Gasteiger partial charge in [-0.05, 0) is 23.6 Å². The summed E-state index contributed by atoms with van der Waals surface area (Å²) in [5, 5.41) is 11.7. The third kappa shape index (κ3) is 4.13. The maximum absolute atomic E-state index is 11.9. The van der Waals surface area contributed by atoms with Crippen LogP contribution in [0.1, 0.15) is 18.1 Å². The van der Waals surface area contributed by atoms with Gasteiger partial charge in [-0.25, -0.2) is 4.79 Å². The fourth-order valence-corrected chi connectivity index (χ4v) is 2.42. The van der Waals surface area contributed by atoms with E-state index in [1.54, 1.807) is 14.0 Å². The molecule has 0 fully saturated rings. The van der Waals surface area contributed by atoms with Crippen LogP contribution in [0.25, 0.3) is 0 Å². The Labute approximate surface area is 130 Å². The molecule has 6 heteroatoms. The summed E-state index contributed by atoms with van der Waals surface area (Å²) in [4.78, 5) is 24.1. The first-order valence-electron chi connectivity index (χ1n) is 7.43. The highest BCUT2D eigenvalue weighted by atomic mass is 16.5. The van der Waals surface area contributed by atoms with Gasteiger partial charge in [0.25, 0.3) is 0 Å². The summed E-state index contributed by atoms with van der Waals surface area (Å²) in [6.45, 7) is 3.03. The summed E-state index contributed by atoms with van der Waals surface area (Å²) in [6, 6.07) is 5.84. The van der Waals surface area contributed by atoms with Gasteiger partial charge in [0.05, 0.1) is 12.5 Å². The number of rotatable bonds is 6. The first-order chi connectivity index (χ1) is 10.5. The van der Waals surface area contributed by atoms with E-state index in [9.17, 15) is 9.59 Å². The average Bonchev–Trinajstić information content (AvgIpc) is 2.94. The van der Waals surface area contributed by atoms with Crippen LogP contribution in [0.5, 0.6) is 5.75 Å². The van der Waals surface area contributed by atoms with Gasteiger partial charge in [0, 0.05) is 26.6 Å². The molecule has 1 aromatic carbocycles. The minimum absolute atomic E-state index is 0.192. The summed E-state index contributed by atoms with van der Waals surface area (Å²) in [7, 11) is 1.60. The average molecular weight is 306 g/mol. The second-order valence-corrected chi connectivity index (χ2v) is 5.64. The van der Waals surface area contributed by atoms with E-state index in [1.807, 2.05) is 12.1 Å². The minimum Gasteiger partial charge on any atom is -0.493 e. The van der Waals surface area contributed by atoms with Crippen LogP contribution in [0, 0.1) is 5.92 Å². The van der Waals surface area contributed by atoms with E-state index in [2.05, 4.69) is 11.4 Å². The predicted octanol–water partition coefficient (Wildman–Crippen LogP) is 1.53. The molecule has 0 spiro atoms. The van der Waals surface area contributed by atoms with Gasteiger partial charge >= 0.3 is 12.0 Å². The maximum atomic E-state index is 11.9. The van der Waals surface area contributed by atoms with Crippen LogP contribution in [0.3, 0.4) is 0 Å². The summed E-state index contributed by atoms with van der Waals surface area (Å²) in [5.74, 6) is -0.525. The fraction of sp³-hybridized carbons (Fsp3) is 0.500. The number of urea groups is 1. The summed E-state index contributed by atoms with van der Waals surface area (Å²) in [6.07, 6.45) is 1.67. The number of amides is 2. The molecule has 0 saturated heterocycles. The van der Waals surface area contributed by atoms with E-state index in [0.29, 0.717) is 6.54 Å². The molecule has 1 aliphatic rings. The Bertz CT molecular complexity index is 559. The zero-order valence-corrected chi connectivity index (χ0v) is 13.0. The highest BCUT2D eigenvalue weighted by Gasteiger charge is 2.17. The van der Waals surface area contributed by atoms with E-state index in [1.165, 1.54) is 10.5 Å². The lowest BCUT2D eigenvalue weighted by molar-refractivity contribution is -0.141. The SMILES string of the molecule is CC(CN(C)C(=O)NCCc1ccc2c(c1)CCO2)C(=O)O. The number of carboxylic acid groups (broad SMARTS) is 1. The Morgan fingerprint density at radius 1 is 1.45 bits per heavy atom. The zero-order chi connectivity index (χ0) is 16.1. The molecular formula is C16H22N2O4. The standard InChI is InChI=1S/C16H22N2O4/c1-11(15(19)20)10-18(2)16(21)17-7-5-12-3-4-14-13(9-12)6-8-22-14/h3-4,9,11H,5-8,10H2,1-2H3,(H,17,21)(H,19,20). The molecule has 1 atom stereocenters. The van der Waals surface area contributed by atoms with Gasteiger partial charge in [0.1, 0.15) is 5.75 Å². The van der Waals surface area contributed by atoms with Crippen LogP contribution in [0.15, 0.2) is 18.2 Å². The van der Waals surface area contributed by atoms with Gasteiger partial charge < -0.3 is 20.1 Å². The highest BCUT2D eigenvalue weighted by Crippen LogP contribution is 2.25. The number of hydrogen-bond acceptors (Lipinski definition) is 3. The lowest BCUT2D eigenvalue weighted by atomic mass is 10.1. The molecule has 0 saturated carbocycles. The largest absolute Gasteiger partial charge is 0.493 e. The number of ether oxygens (including phenoxy) is 1. The third-order valence-corrected chi connectivity index (χ3v) is 3.76. The van der Waals surface area contributed by atoms with Crippen LogP contribution in [-0.2, 0) is 17.6 Å². The van der Waals surface area contributed by atoms with Crippen molar-refractivity contribution >= 4 is 12.0 Å². The molecule has 2 rings (SSSR count). The number of hydrogen-bond donors (Lipinski definition) is 2. The van der Waals surface area contributed by atoms with Gasteiger partial charge in [-0.3, -0.25) is 4.79 Å². The van der Waals surface area contributed by atoms with Crippen molar-refractivity contribution in [3.63, 3.8) is 0 Å².